The molecule has 0 fully saturated rings. The van der Waals surface area contributed by atoms with E-state index >= 15 is 0 Å². The third-order valence-corrected chi connectivity index (χ3v) is 2.75. The zero-order chi connectivity index (χ0) is 8.72. The van der Waals surface area contributed by atoms with E-state index in [2.05, 4.69) is 4.98 Å². The van der Waals surface area contributed by atoms with E-state index in [4.69, 9.17) is 0 Å². The lowest BCUT2D eigenvalue weighted by atomic mass is 10.4. The van der Waals surface area contributed by atoms with Crippen molar-refractivity contribution in [2.75, 3.05) is 0 Å². The molecule has 0 aliphatic heterocycles. The molecule has 4 heteroatoms. The Morgan fingerprint density at radius 3 is 3.08 bits per heavy atom. The van der Waals surface area contributed by atoms with E-state index in [1.807, 2.05) is 13.0 Å². The molecule has 0 radical (unpaired) electrons. The summed E-state index contributed by atoms with van der Waals surface area (Å²) in [5.41, 5.74) is 0.846. The van der Waals surface area contributed by atoms with Gasteiger partial charge in [0.05, 0.1) is 11.8 Å². The molecule has 2 heterocycles. The molecular formula is C8H8N2OS. The molecule has 12 heavy (non-hydrogen) atoms. The van der Waals surface area contributed by atoms with Crippen LogP contribution in [-0.2, 0) is 7.05 Å². The second-order valence-corrected chi connectivity index (χ2v) is 3.99. The normalized spacial score (nSPS) is 10.8. The van der Waals surface area contributed by atoms with Crippen molar-refractivity contribution in [3.8, 4) is 0 Å². The molecule has 0 atom stereocenters. The van der Waals surface area contributed by atoms with Gasteiger partial charge in [-0.05, 0) is 13.0 Å². The first kappa shape index (κ1) is 7.49. The molecule has 2 aromatic heterocycles. The molecule has 0 amide bonds. The molecule has 2 rings (SSSR count). The first-order valence-electron chi connectivity index (χ1n) is 3.60. The van der Waals surface area contributed by atoms with E-state index in [1.165, 1.54) is 15.9 Å². The predicted molar refractivity (Wildman–Crippen MR) is 49.6 cm³/mol. The average Bonchev–Trinajstić information content (AvgIpc) is 2.39. The Hall–Kier alpha value is -1.16. The zero-order valence-electron chi connectivity index (χ0n) is 6.87. The first-order chi connectivity index (χ1) is 5.68. The number of nitrogens with zero attached hydrogens (tertiary/aromatic N) is 2. The van der Waals surface area contributed by atoms with Crippen LogP contribution in [0.2, 0.25) is 0 Å². The number of aromatic nitrogens is 2. The average molecular weight is 180 g/mol. The maximum atomic E-state index is 11.5. The Labute approximate surface area is 73.3 Å². The molecule has 62 valence electrons. The van der Waals surface area contributed by atoms with Gasteiger partial charge in [0.25, 0.3) is 5.56 Å². The number of hydrogen-bond acceptors (Lipinski definition) is 3. The van der Waals surface area contributed by atoms with Crippen LogP contribution in [-0.4, -0.2) is 9.55 Å². The van der Waals surface area contributed by atoms with E-state index in [0.717, 1.165) is 15.1 Å². The van der Waals surface area contributed by atoms with E-state index < -0.39 is 0 Å². The van der Waals surface area contributed by atoms with Crippen molar-refractivity contribution in [3.63, 3.8) is 0 Å². The van der Waals surface area contributed by atoms with Crippen LogP contribution in [0.1, 0.15) is 4.88 Å². The van der Waals surface area contributed by atoms with Crippen molar-refractivity contribution >= 4 is 21.6 Å². The van der Waals surface area contributed by atoms with E-state index in [0.29, 0.717) is 0 Å². The Kier molecular flexibility index (Phi) is 1.51. The summed E-state index contributed by atoms with van der Waals surface area (Å²) in [6.07, 6.45) is 1.55. The third kappa shape index (κ3) is 0.956. The van der Waals surface area contributed by atoms with Crippen molar-refractivity contribution in [2.24, 2.45) is 7.05 Å². The van der Waals surface area contributed by atoms with Crippen LogP contribution in [0.4, 0.5) is 0 Å². The van der Waals surface area contributed by atoms with Gasteiger partial charge in [-0.2, -0.15) is 0 Å². The molecule has 3 nitrogen and oxygen atoms in total. The summed E-state index contributed by atoms with van der Waals surface area (Å²) in [5.74, 6) is 0. The second-order valence-electron chi connectivity index (χ2n) is 2.73. The summed E-state index contributed by atoms with van der Waals surface area (Å²) in [5, 5.41) is 0. The van der Waals surface area contributed by atoms with Gasteiger partial charge in [0.1, 0.15) is 4.70 Å². The highest BCUT2D eigenvalue weighted by atomic mass is 32.1. The Bertz CT molecular complexity index is 483. The molecule has 0 aliphatic carbocycles. The number of hydrogen-bond donors (Lipinski definition) is 0. The highest BCUT2D eigenvalue weighted by Crippen LogP contribution is 2.18. The lowest BCUT2D eigenvalue weighted by molar-refractivity contribution is 0.845. The van der Waals surface area contributed by atoms with Crippen molar-refractivity contribution in [1.82, 2.24) is 9.55 Å². The first-order valence-corrected chi connectivity index (χ1v) is 4.42. The van der Waals surface area contributed by atoms with Gasteiger partial charge in [0, 0.05) is 11.9 Å². The predicted octanol–water partition coefficient (Wildman–Crippen LogP) is 1.30. The summed E-state index contributed by atoms with van der Waals surface area (Å²) in [6, 6.07) is 1.93. The highest BCUT2D eigenvalue weighted by Gasteiger charge is 2.03. The summed E-state index contributed by atoms with van der Waals surface area (Å²) < 4.78 is 2.25. The molecule has 0 unspecified atom stereocenters. The van der Waals surface area contributed by atoms with Crippen molar-refractivity contribution in [2.45, 2.75) is 6.92 Å². The number of aryl methyl sites for hydroxylation is 2. The molecule has 0 saturated heterocycles. The van der Waals surface area contributed by atoms with Crippen LogP contribution < -0.4 is 5.56 Å². The van der Waals surface area contributed by atoms with Crippen LogP contribution in [0.5, 0.6) is 0 Å². The largest absolute Gasteiger partial charge is 0.301 e. The number of fused-ring (bicyclic) bond motifs is 1. The van der Waals surface area contributed by atoms with Crippen LogP contribution in [0.15, 0.2) is 17.2 Å². The lowest BCUT2D eigenvalue weighted by Gasteiger charge is -1.93. The molecule has 0 aromatic carbocycles. The van der Waals surface area contributed by atoms with E-state index in [9.17, 15) is 4.79 Å². The lowest BCUT2D eigenvalue weighted by Crippen LogP contribution is -2.15. The molecular weight excluding hydrogens is 172 g/mol. The van der Waals surface area contributed by atoms with Crippen LogP contribution >= 0.6 is 11.3 Å². The van der Waals surface area contributed by atoms with Gasteiger partial charge in [-0.25, -0.2) is 4.98 Å². The van der Waals surface area contributed by atoms with Crippen LogP contribution in [0.25, 0.3) is 10.2 Å². The Balaban J connectivity index is 2.99. The highest BCUT2D eigenvalue weighted by molar-refractivity contribution is 7.18. The van der Waals surface area contributed by atoms with Crippen molar-refractivity contribution in [1.29, 1.82) is 0 Å². The minimum absolute atomic E-state index is 0.0399. The van der Waals surface area contributed by atoms with Crippen LogP contribution in [0, 0.1) is 6.92 Å². The topological polar surface area (TPSA) is 34.9 Å². The molecule has 0 saturated carbocycles. The van der Waals surface area contributed by atoms with Gasteiger partial charge >= 0.3 is 0 Å². The minimum atomic E-state index is 0.0399. The summed E-state index contributed by atoms with van der Waals surface area (Å²) >= 11 is 1.50. The monoisotopic (exact) mass is 180 g/mol. The maximum absolute atomic E-state index is 11.5. The summed E-state index contributed by atoms with van der Waals surface area (Å²) in [6.45, 7) is 1.98. The summed E-state index contributed by atoms with van der Waals surface area (Å²) in [7, 11) is 1.71. The maximum Gasteiger partial charge on any atom is 0.271 e. The van der Waals surface area contributed by atoms with Gasteiger partial charge in [-0.15, -0.1) is 11.3 Å². The fourth-order valence-corrected chi connectivity index (χ4v) is 2.05. The second kappa shape index (κ2) is 2.42. The van der Waals surface area contributed by atoms with E-state index in [1.54, 1.807) is 13.4 Å². The van der Waals surface area contributed by atoms with E-state index in [-0.39, 0.29) is 5.56 Å². The molecule has 0 bridgehead atoms. The Morgan fingerprint density at radius 1 is 1.58 bits per heavy atom. The standard InChI is InChI=1S/C8H8N2OS/c1-5-3-6-7(12-5)8(11)10(2)4-9-6/h3-4H,1-2H3. The van der Waals surface area contributed by atoms with Gasteiger partial charge in [0.2, 0.25) is 0 Å². The van der Waals surface area contributed by atoms with Crippen molar-refractivity contribution in [3.05, 3.63) is 27.6 Å². The van der Waals surface area contributed by atoms with Gasteiger partial charge in [-0.3, -0.25) is 4.79 Å². The molecule has 2 aromatic rings. The zero-order valence-corrected chi connectivity index (χ0v) is 7.68. The minimum Gasteiger partial charge on any atom is -0.301 e. The van der Waals surface area contributed by atoms with Gasteiger partial charge < -0.3 is 4.57 Å². The number of thiophene rings is 1. The fourth-order valence-electron chi connectivity index (χ4n) is 1.11. The van der Waals surface area contributed by atoms with Gasteiger partial charge in [0.15, 0.2) is 0 Å². The third-order valence-electron chi connectivity index (χ3n) is 1.72. The number of rotatable bonds is 0. The Morgan fingerprint density at radius 2 is 2.33 bits per heavy atom. The molecule has 0 aliphatic rings. The quantitative estimate of drug-likeness (QED) is 0.612. The fraction of sp³-hybridized carbons (Fsp3) is 0.250. The summed E-state index contributed by atoms with van der Waals surface area (Å²) in [4.78, 5) is 16.7. The van der Waals surface area contributed by atoms with Gasteiger partial charge in [-0.1, -0.05) is 0 Å². The van der Waals surface area contributed by atoms with Crippen LogP contribution in [0.3, 0.4) is 0 Å². The molecule has 0 N–H and O–H groups in total. The molecule has 0 spiro atoms. The smallest absolute Gasteiger partial charge is 0.271 e. The SMILES string of the molecule is Cc1cc2ncn(C)c(=O)c2s1. The van der Waals surface area contributed by atoms with Crippen molar-refractivity contribution < 1.29 is 0 Å².